The second kappa shape index (κ2) is 6.96. The lowest BCUT2D eigenvalue weighted by Crippen LogP contribution is -2.34. The van der Waals surface area contributed by atoms with E-state index in [9.17, 15) is 18.9 Å². The Hall–Kier alpha value is -1.25. The zero-order chi connectivity index (χ0) is 14.5. The summed E-state index contributed by atoms with van der Waals surface area (Å²) in [6, 6.07) is 0. The average Bonchev–Trinajstić information content (AvgIpc) is 2.41. The summed E-state index contributed by atoms with van der Waals surface area (Å²) in [5.41, 5.74) is 0.391. The van der Waals surface area contributed by atoms with Gasteiger partial charge in [0, 0.05) is 17.3 Å². The molecule has 2 atom stereocenters. The van der Waals surface area contributed by atoms with E-state index in [1.807, 2.05) is 0 Å². The maximum atomic E-state index is 10.8. The highest BCUT2D eigenvalue weighted by molar-refractivity contribution is 7.77. The van der Waals surface area contributed by atoms with Crippen LogP contribution < -0.4 is 4.72 Å². The Morgan fingerprint density at radius 3 is 2.60 bits per heavy atom. The van der Waals surface area contributed by atoms with Crippen LogP contribution in [0.2, 0.25) is 0 Å². The number of hydrogen-bond donors (Lipinski definition) is 1. The van der Waals surface area contributed by atoms with Crippen molar-refractivity contribution in [1.29, 1.82) is 0 Å². The quantitative estimate of drug-likeness (QED) is 0.471. The highest BCUT2D eigenvalue weighted by Crippen LogP contribution is 2.27. The SMILES string of the molecule is O=[N+]([O-])C1=CC=C(NS(=O)[O-])C(OC2CCCCC2)C1. The van der Waals surface area contributed by atoms with E-state index in [0.29, 0.717) is 5.70 Å². The maximum absolute atomic E-state index is 10.8. The number of ether oxygens (including phenoxy) is 1. The molecule has 0 amide bonds. The lowest BCUT2D eigenvalue weighted by Gasteiger charge is -2.30. The summed E-state index contributed by atoms with van der Waals surface area (Å²) in [7, 11) is 0. The minimum Gasteiger partial charge on any atom is -0.755 e. The molecule has 2 unspecified atom stereocenters. The molecule has 1 saturated carbocycles. The van der Waals surface area contributed by atoms with Crippen molar-refractivity contribution >= 4 is 11.3 Å². The third-order valence-corrected chi connectivity index (χ3v) is 3.94. The van der Waals surface area contributed by atoms with E-state index in [1.165, 1.54) is 18.6 Å². The summed E-state index contributed by atoms with van der Waals surface area (Å²) in [5, 5.41) is 10.8. The predicted molar refractivity (Wildman–Crippen MR) is 71.6 cm³/mol. The van der Waals surface area contributed by atoms with Crippen molar-refractivity contribution in [3.05, 3.63) is 33.7 Å². The number of nitrogens with zero attached hydrogens (tertiary/aromatic N) is 1. The van der Waals surface area contributed by atoms with Crippen molar-refractivity contribution in [2.24, 2.45) is 0 Å². The first kappa shape index (κ1) is 15.1. The molecule has 0 aromatic rings. The van der Waals surface area contributed by atoms with Crippen LogP contribution in [0.5, 0.6) is 0 Å². The Bertz CT molecular complexity index is 457. The Labute approximate surface area is 119 Å². The van der Waals surface area contributed by atoms with Gasteiger partial charge in [0.1, 0.15) is 6.10 Å². The largest absolute Gasteiger partial charge is 0.755 e. The van der Waals surface area contributed by atoms with Gasteiger partial charge >= 0.3 is 0 Å². The van der Waals surface area contributed by atoms with E-state index in [0.717, 1.165) is 25.7 Å². The smallest absolute Gasteiger partial charge is 0.249 e. The summed E-state index contributed by atoms with van der Waals surface area (Å²) >= 11 is -2.46. The fourth-order valence-corrected chi connectivity index (χ4v) is 2.94. The first-order valence-electron chi connectivity index (χ1n) is 6.63. The molecule has 1 fully saturated rings. The van der Waals surface area contributed by atoms with Crippen LogP contribution in [-0.4, -0.2) is 25.9 Å². The number of rotatable bonds is 5. The minimum atomic E-state index is -2.46. The molecule has 0 aliphatic heterocycles. The van der Waals surface area contributed by atoms with E-state index in [4.69, 9.17) is 4.74 Å². The van der Waals surface area contributed by atoms with E-state index in [2.05, 4.69) is 4.72 Å². The summed E-state index contributed by atoms with van der Waals surface area (Å²) in [5.74, 6) is 0. The number of hydrogen-bond acceptors (Lipinski definition) is 5. The second-order valence-electron chi connectivity index (χ2n) is 4.96. The van der Waals surface area contributed by atoms with Gasteiger partial charge in [-0.25, -0.2) is 0 Å². The number of allylic oxidation sites excluding steroid dienone is 2. The van der Waals surface area contributed by atoms with Crippen LogP contribution in [0, 0.1) is 10.1 Å². The van der Waals surface area contributed by atoms with Crippen molar-refractivity contribution in [2.45, 2.75) is 50.7 Å². The van der Waals surface area contributed by atoms with Gasteiger partial charge in [-0.2, -0.15) is 0 Å². The number of nitrogens with one attached hydrogen (secondary N) is 1. The van der Waals surface area contributed by atoms with E-state index in [-0.39, 0.29) is 18.2 Å². The van der Waals surface area contributed by atoms with Crippen LogP contribution in [0.1, 0.15) is 38.5 Å². The van der Waals surface area contributed by atoms with Crippen LogP contribution in [0.3, 0.4) is 0 Å². The molecule has 20 heavy (non-hydrogen) atoms. The molecule has 0 radical (unpaired) electrons. The average molecular weight is 301 g/mol. The molecule has 2 aliphatic rings. The molecule has 0 heterocycles. The van der Waals surface area contributed by atoms with Crippen LogP contribution in [0.15, 0.2) is 23.5 Å². The normalized spacial score (nSPS) is 25.6. The second-order valence-corrected chi connectivity index (χ2v) is 5.64. The fourth-order valence-electron chi connectivity index (χ4n) is 2.55. The van der Waals surface area contributed by atoms with Gasteiger partial charge < -0.3 is 14.0 Å². The van der Waals surface area contributed by atoms with Crippen molar-refractivity contribution in [1.82, 2.24) is 4.72 Å². The lowest BCUT2D eigenvalue weighted by atomic mass is 9.97. The maximum Gasteiger partial charge on any atom is 0.249 e. The molecular formula is C12H17N2O5S-. The first-order chi connectivity index (χ1) is 9.56. The topological polar surface area (TPSA) is 105 Å². The zero-order valence-corrected chi connectivity index (χ0v) is 11.8. The molecule has 0 spiro atoms. The van der Waals surface area contributed by atoms with E-state index < -0.39 is 22.3 Å². The fraction of sp³-hybridized carbons (Fsp3) is 0.667. The van der Waals surface area contributed by atoms with Gasteiger partial charge in [-0.05, 0) is 18.9 Å². The van der Waals surface area contributed by atoms with Crippen LogP contribution in [0.4, 0.5) is 0 Å². The van der Waals surface area contributed by atoms with Crippen LogP contribution >= 0.6 is 0 Å². The summed E-state index contributed by atoms with van der Waals surface area (Å²) in [6.07, 6.45) is 7.43. The van der Waals surface area contributed by atoms with Crippen molar-refractivity contribution in [3.63, 3.8) is 0 Å². The monoisotopic (exact) mass is 301 g/mol. The van der Waals surface area contributed by atoms with Crippen molar-refractivity contribution in [2.75, 3.05) is 0 Å². The van der Waals surface area contributed by atoms with Crippen molar-refractivity contribution < 1.29 is 18.4 Å². The molecule has 7 nitrogen and oxygen atoms in total. The Morgan fingerprint density at radius 2 is 2.00 bits per heavy atom. The highest BCUT2D eigenvalue weighted by Gasteiger charge is 2.29. The summed E-state index contributed by atoms with van der Waals surface area (Å²) in [4.78, 5) is 10.4. The third kappa shape index (κ3) is 4.12. The standard InChI is InChI=1S/C12H18N2O5S/c15-14(16)9-6-7-11(13-20(17)18)12(8-9)19-10-4-2-1-3-5-10/h6-7,10,12-13H,1-5,8H2,(H,17,18)/p-1. The molecule has 0 aromatic carbocycles. The van der Waals surface area contributed by atoms with E-state index in [1.54, 1.807) is 0 Å². The molecule has 8 heteroatoms. The van der Waals surface area contributed by atoms with Crippen molar-refractivity contribution in [3.8, 4) is 0 Å². The number of nitro groups is 1. The molecule has 112 valence electrons. The molecular weight excluding hydrogens is 284 g/mol. The molecule has 1 N–H and O–H groups in total. The van der Waals surface area contributed by atoms with Gasteiger partial charge in [-0.1, -0.05) is 19.3 Å². The molecule has 2 rings (SSSR count). The summed E-state index contributed by atoms with van der Waals surface area (Å²) < 4.78 is 29.7. The van der Waals surface area contributed by atoms with Gasteiger partial charge in [-0.3, -0.25) is 14.3 Å². The zero-order valence-electron chi connectivity index (χ0n) is 10.9. The van der Waals surface area contributed by atoms with Crippen LogP contribution in [-0.2, 0) is 16.0 Å². The Kier molecular flexibility index (Phi) is 5.27. The highest BCUT2D eigenvalue weighted by atomic mass is 32.2. The Balaban J connectivity index is 2.07. The third-order valence-electron chi connectivity index (χ3n) is 3.54. The molecule has 0 bridgehead atoms. The van der Waals surface area contributed by atoms with Crippen LogP contribution in [0.25, 0.3) is 0 Å². The summed E-state index contributed by atoms with van der Waals surface area (Å²) in [6.45, 7) is 0. The minimum absolute atomic E-state index is 0.0352. The lowest BCUT2D eigenvalue weighted by molar-refractivity contribution is -0.429. The van der Waals surface area contributed by atoms with Gasteiger partial charge in [0.05, 0.1) is 23.1 Å². The molecule has 2 aliphatic carbocycles. The predicted octanol–water partition coefficient (Wildman–Crippen LogP) is 1.54. The van der Waals surface area contributed by atoms with Gasteiger partial charge in [-0.15, -0.1) is 0 Å². The van der Waals surface area contributed by atoms with E-state index >= 15 is 0 Å². The van der Waals surface area contributed by atoms with Gasteiger partial charge in [0.15, 0.2) is 0 Å². The molecule has 0 aromatic heterocycles. The Morgan fingerprint density at radius 1 is 1.30 bits per heavy atom. The first-order valence-corrected chi connectivity index (χ1v) is 7.70. The van der Waals surface area contributed by atoms with Gasteiger partial charge in [0.2, 0.25) is 5.70 Å². The molecule has 0 saturated heterocycles. The van der Waals surface area contributed by atoms with Gasteiger partial charge in [0.25, 0.3) is 0 Å².